The van der Waals surface area contributed by atoms with Crippen LogP contribution in [-0.4, -0.2) is 31.4 Å². The summed E-state index contributed by atoms with van der Waals surface area (Å²) >= 11 is 5.91. The Balaban J connectivity index is 2.02. The molecule has 0 heterocycles. The van der Waals surface area contributed by atoms with Gasteiger partial charge in [-0.2, -0.15) is 5.26 Å². The molecule has 2 aromatic rings. The van der Waals surface area contributed by atoms with E-state index in [0.29, 0.717) is 16.3 Å². The first kappa shape index (κ1) is 23.9. The summed E-state index contributed by atoms with van der Waals surface area (Å²) in [5, 5.41) is 12.2. The summed E-state index contributed by atoms with van der Waals surface area (Å²) in [6, 6.07) is 17.2. The summed E-state index contributed by atoms with van der Waals surface area (Å²) < 4.78 is 4.72. The highest BCUT2D eigenvalue weighted by Gasteiger charge is 2.21. The number of hydrogen-bond acceptors (Lipinski definition) is 5. The molecule has 0 spiro atoms. The van der Waals surface area contributed by atoms with Crippen molar-refractivity contribution in [3.8, 4) is 6.07 Å². The lowest BCUT2D eigenvalue weighted by atomic mass is 10.0. The van der Waals surface area contributed by atoms with Crippen molar-refractivity contribution in [1.29, 1.82) is 5.26 Å². The molecule has 2 aromatic carbocycles. The number of ether oxygens (including phenoxy) is 1. The molecular formula is C23H24ClN3O4. The zero-order chi connectivity index (χ0) is 22.6. The van der Waals surface area contributed by atoms with Crippen LogP contribution in [-0.2, 0) is 19.1 Å². The van der Waals surface area contributed by atoms with Crippen molar-refractivity contribution in [2.24, 2.45) is 0 Å². The first-order chi connectivity index (χ1) is 14.9. The number of amides is 2. The minimum atomic E-state index is -0.601. The molecule has 1 atom stereocenters. The van der Waals surface area contributed by atoms with Gasteiger partial charge >= 0.3 is 5.97 Å². The van der Waals surface area contributed by atoms with Crippen LogP contribution in [0.1, 0.15) is 37.3 Å². The van der Waals surface area contributed by atoms with Gasteiger partial charge in [0.25, 0.3) is 0 Å². The van der Waals surface area contributed by atoms with Crippen LogP contribution < -0.4 is 10.2 Å². The summed E-state index contributed by atoms with van der Waals surface area (Å²) in [4.78, 5) is 38.5. The van der Waals surface area contributed by atoms with Crippen LogP contribution in [0.5, 0.6) is 0 Å². The highest BCUT2D eigenvalue weighted by Crippen LogP contribution is 2.21. The molecule has 0 aliphatic rings. The smallest absolute Gasteiger partial charge is 0.307 e. The van der Waals surface area contributed by atoms with Crippen LogP contribution in [0.3, 0.4) is 0 Å². The molecule has 0 saturated carbocycles. The molecule has 8 heteroatoms. The fraction of sp³-hybridized carbons (Fsp3) is 0.304. The quantitative estimate of drug-likeness (QED) is 0.565. The van der Waals surface area contributed by atoms with Crippen LogP contribution >= 0.6 is 11.6 Å². The summed E-state index contributed by atoms with van der Waals surface area (Å²) in [5.74, 6) is -1.10. The van der Waals surface area contributed by atoms with Crippen LogP contribution in [0, 0.1) is 11.3 Å². The molecule has 0 aliphatic carbocycles. The second-order valence-corrected chi connectivity index (χ2v) is 7.18. The normalized spacial score (nSPS) is 11.1. The number of benzene rings is 2. The second-order valence-electron chi connectivity index (χ2n) is 6.74. The van der Waals surface area contributed by atoms with Gasteiger partial charge in [0.1, 0.15) is 0 Å². The highest BCUT2D eigenvalue weighted by atomic mass is 35.5. The van der Waals surface area contributed by atoms with Crippen LogP contribution in [0.4, 0.5) is 5.69 Å². The van der Waals surface area contributed by atoms with Crippen LogP contribution in [0.15, 0.2) is 54.6 Å². The number of rotatable bonds is 10. The van der Waals surface area contributed by atoms with E-state index in [1.54, 1.807) is 48.5 Å². The van der Waals surface area contributed by atoms with Crippen molar-refractivity contribution < 1.29 is 19.1 Å². The molecule has 31 heavy (non-hydrogen) atoms. The third-order valence-corrected chi connectivity index (χ3v) is 4.84. The summed E-state index contributed by atoms with van der Waals surface area (Å²) in [5.41, 5.74) is 1.38. The third-order valence-electron chi connectivity index (χ3n) is 4.59. The Labute approximate surface area is 186 Å². The molecule has 0 saturated heterocycles. The fourth-order valence-electron chi connectivity index (χ4n) is 2.99. The van der Waals surface area contributed by atoms with E-state index < -0.39 is 12.0 Å². The summed E-state index contributed by atoms with van der Waals surface area (Å²) in [6.45, 7) is 0.247. The Morgan fingerprint density at radius 3 is 2.39 bits per heavy atom. The topological polar surface area (TPSA) is 99.5 Å². The first-order valence-electron chi connectivity index (χ1n) is 9.78. The van der Waals surface area contributed by atoms with Gasteiger partial charge in [0, 0.05) is 30.1 Å². The molecule has 1 N–H and O–H groups in total. The molecule has 7 nitrogen and oxygen atoms in total. The molecule has 0 bridgehead atoms. The fourth-order valence-corrected chi connectivity index (χ4v) is 3.11. The average molecular weight is 442 g/mol. The van der Waals surface area contributed by atoms with Gasteiger partial charge in [-0.3, -0.25) is 14.4 Å². The van der Waals surface area contributed by atoms with E-state index in [2.05, 4.69) is 5.32 Å². The Morgan fingerprint density at radius 2 is 1.77 bits per heavy atom. The number of nitriles is 1. The second kappa shape index (κ2) is 12.4. The van der Waals surface area contributed by atoms with E-state index >= 15 is 0 Å². The molecule has 2 rings (SSSR count). The Kier molecular flexibility index (Phi) is 9.53. The minimum Gasteiger partial charge on any atom is -0.469 e. The van der Waals surface area contributed by atoms with Gasteiger partial charge in [-0.25, -0.2) is 0 Å². The lowest BCUT2D eigenvalue weighted by molar-refractivity contribution is -0.141. The van der Waals surface area contributed by atoms with Gasteiger partial charge < -0.3 is 15.0 Å². The molecule has 0 aliphatic heterocycles. The zero-order valence-corrected chi connectivity index (χ0v) is 18.0. The molecular weight excluding hydrogens is 418 g/mol. The molecule has 162 valence electrons. The number of nitrogens with zero attached hydrogens (tertiary/aromatic N) is 2. The number of nitrogens with one attached hydrogen (secondary N) is 1. The minimum absolute atomic E-state index is 0.0300. The largest absolute Gasteiger partial charge is 0.469 e. The van der Waals surface area contributed by atoms with Crippen molar-refractivity contribution in [3.05, 3.63) is 65.2 Å². The monoisotopic (exact) mass is 441 g/mol. The van der Waals surface area contributed by atoms with Crippen molar-refractivity contribution in [1.82, 2.24) is 5.32 Å². The van der Waals surface area contributed by atoms with Gasteiger partial charge in [0.15, 0.2) is 0 Å². The number of halogens is 1. The standard InChI is InChI=1S/C23H24ClN3O4/c1-31-23(30)16-20(17-8-10-18(24)11-9-17)26-21(28)12-13-22(29)27(15-5-14-25)19-6-3-2-4-7-19/h2-4,6-11,20H,5,12-13,15-16H2,1H3,(H,26,28). The predicted octanol–water partition coefficient (Wildman–Crippen LogP) is 3.79. The number of carbonyl (C=O) groups is 3. The van der Waals surface area contributed by atoms with E-state index in [0.717, 1.165) is 0 Å². The number of methoxy groups -OCH3 is 1. The van der Waals surface area contributed by atoms with Crippen molar-refractivity contribution in [2.45, 2.75) is 31.7 Å². The third kappa shape index (κ3) is 7.76. The number of hydrogen-bond donors (Lipinski definition) is 1. The van der Waals surface area contributed by atoms with Gasteiger partial charge in [0.05, 0.1) is 32.1 Å². The predicted molar refractivity (Wildman–Crippen MR) is 117 cm³/mol. The van der Waals surface area contributed by atoms with E-state index in [-0.39, 0.29) is 44.0 Å². The number of para-hydroxylation sites is 1. The van der Waals surface area contributed by atoms with E-state index in [9.17, 15) is 14.4 Å². The Bertz CT molecular complexity index is 926. The number of esters is 1. The number of carbonyl (C=O) groups excluding carboxylic acids is 3. The first-order valence-corrected chi connectivity index (χ1v) is 10.2. The maximum absolute atomic E-state index is 12.7. The van der Waals surface area contributed by atoms with Crippen molar-refractivity contribution >= 4 is 35.1 Å². The molecule has 0 radical (unpaired) electrons. The van der Waals surface area contributed by atoms with E-state index in [4.69, 9.17) is 21.6 Å². The zero-order valence-electron chi connectivity index (χ0n) is 17.2. The maximum atomic E-state index is 12.7. The van der Waals surface area contributed by atoms with Crippen LogP contribution in [0.25, 0.3) is 0 Å². The lowest BCUT2D eigenvalue weighted by Crippen LogP contribution is -2.34. The molecule has 0 fully saturated rings. The molecule has 1 unspecified atom stereocenters. The lowest BCUT2D eigenvalue weighted by Gasteiger charge is -2.22. The maximum Gasteiger partial charge on any atom is 0.307 e. The van der Waals surface area contributed by atoms with Crippen molar-refractivity contribution in [3.63, 3.8) is 0 Å². The van der Waals surface area contributed by atoms with E-state index in [1.165, 1.54) is 12.0 Å². The van der Waals surface area contributed by atoms with Gasteiger partial charge in [-0.1, -0.05) is 41.9 Å². The molecule has 2 amide bonds. The van der Waals surface area contributed by atoms with Crippen LogP contribution in [0.2, 0.25) is 5.02 Å². The number of anilines is 1. The summed E-state index contributed by atoms with van der Waals surface area (Å²) in [7, 11) is 1.28. The average Bonchev–Trinajstić information content (AvgIpc) is 2.78. The Hall–Kier alpha value is -3.37. The molecule has 0 aromatic heterocycles. The van der Waals surface area contributed by atoms with E-state index in [1.807, 2.05) is 12.1 Å². The summed E-state index contributed by atoms with van der Waals surface area (Å²) in [6.07, 6.45) is 0.0540. The SMILES string of the molecule is COC(=O)CC(NC(=O)CCC(=O)N(CCC#N)c1ccccc1)c1ccc(Cl)cc1. The van der Waals surface area contributed by atoms with Gasteiger partial charge in [-0.05, 0) is 29.8 Å². The van der Waals surface area contributed by atoms with Gasteiger partial charge in [0.2, 0.25) is 11.8 Å². The van der Waals surface area contributed by atoms with Crippen molar-refractivity contribution in [2.75, 3.05) is 18.6 Å². The highest BCUT2D eigenvalue weighted by molar-refractivity contribution is 6.30. The Morgan fingerprint density at radius 1 is 1.10 bits per heavy atom. The van der Waals surface area contributed by atoms with Gasteiger partial charge in [-0.15, -0.1) is 0 Å².